The first-order chi connectivity index (χ1) is 13.0. The molecule has 1 N–H and O–H groups in total. The monoisotopic (exact) mass is 445 g/mol. The third-order valence-corrected chi connectivity index (χ3v) is 5.88. The molecule has 1 aromatic heterocycles. The third-order valence-electron chi connectivity index (χ3n) is 4.32. The van der Waals surface area contributed by atoms with Gasteiger partial charge in [0.1, 0.15) is 10.8 Å². The molecule has 7 heteroatoms. The molecule has 3 rings (SSSR count). The van der Waals surface area contributed by atoms with E-state index in [0.717, 1.165) is 40.7 Å². The van der Waals surface area contributed by atoms with E-state index in [9.17, 15) is 14.4 Å². The zero-order valence-electron chi connectivity index (χ0n) is 14.8. The fraction of sp³-hybridized carbons (Fsp3) is 0.250. The number of benzene rings is 1. The first kappa shape index (κ1) is 19.6. The number of nitrogens with zero attached hydrogens (tertiary/aromatic N) is 2. The molecular formula is C20H17BrFN3OS. The molecule has 0 radical (unpaired) electrons. The average molecular weight is 446 g/mol. The molecule has 0 saturated carbocycles. The summed E-state index contributed by atoms with van der Waals surface area (Å²) in [4.78, 5) is 16.6. The van der Waals surface area contributed by atoms with Crippen LogP contribution in [0.1, 0.15) is 43.7 Å². The minimum Gasteiger partial charge on any atom is -0.358 e. The second-order valence-electron chi connectivity index (χ2n) is 6.18. The number of allylic oxidation sites excluding steroid dienone is 2. The molecule has 0 amide bonds. The lowest BCUT2D eigenvalue weighted by Crippen LogP contribution is -2.19. The summed E-state index contributed by atoms with van der Waals surface area (Å²) in [5.74, 6) is -0.792. The van der Waals surface area contributed by atoms with Gasteiger partial charge in [-0.1, -0.05) is 13.0 Å². The number of anilines is 1. The van der Waals surface area contributed by atoms with Crippen LogP contribution < -0.4 is 5.32 Å². The third kappa shape index (κ3) is 3.92. The number of thioether (sulfide) groups is 1. The summed E-state index contributed by atoms with van der Waals surface area (Å²) in [6, 6.07) is 8.81. The molecule has 27 heavy (non-hydrogen) atoms. The molecule has 2 heterocycles. The van der Waals surface area contributed by atoms with Crippen molar-refractivity contribution in [3.05, 3.63) is 63.1 Å². The van der Waals surface area contributed by atoms with Gasteiger partial charge in [0.25, 0.3) is 0 Å². The standard InChI is InChI=1S/C20H17BrFN3OS/c1-3-4-17(26)27-20-19-16(7-8-24-20)25-11(2)13(10-23)18(19)12-5-6-15(22)14(21)9-12/h5-9,18,25H,3-4H2,1-2H3. The largest absolute Gasteiger partial charge is 0.358 e. The average Bonchev–Trinajstić information content (AvgIpc) is 2.63. The first-order valence-corrected chi connectivity index (χ1v) is 10.1. The molecule has 0 fully saturated rings. The van der Waals surface area contributed by atoms with Crippen LogP contribution >= 0.6 is 27.7 Å². The topological polar surface area (TPSA) is 65.8 Å². The molecular weight excluding hydrogens is 429 g/mol. The lowest BCUT2D eigenvalue weighted by Gasteiger charge is -2.29. The number of rotatable bonds is 4. The zero-order chi connectivity index (χ0) is 19.6. The van der Waals surface area contributed by atoms with E-state index >= 15 is 0 Å². The number of hydrogen-bond donors (Lipinski definition) is 1. The van der Waals surface area contributed by atoms with Crippen LogP contribution in [0, 0.1) is 17.1 Å². The Balaban J connectivity index is 2.19. The molecule has 0 bridgehead atoms. The predicted molar refractivity (Wildman–Crippen MR) is 108 cm³/mol. The number of nitrogens with one attached hydrogen (secondary N) is 1. The predicted octanol–water partition coefficient (Wildman–Crippen LogP) is 5.76. The van der Waals surface area contributed by atoms with Crippen LogP contribution in [0.5, 0.6) is 0 Å². The Morgan fingerprint density at radius 2 is 2.22 bits per heavy atom. The van der Waals surface area contributed by atoms with Crippen molar-refractivity contribution in [3.8, 4) is 6.07 Å². The van der Waals surface area contributed by atoms with Crippen LogP contribution in [-0.4, -0.2) is 10.1 Å². The Labute approximate surface area is 170 Å². The Morgan fingerprint density at radius 3 is 2.89 bits per heavy atom. The van der Waals surface area contributed by atoms with E-state index in [1.807, 2.05) is 19.9 Å². The van der Waals surface area contributed by atoms with Crippen LogP contribution in [0.25, 0.3) is 0 Å². The number of halogens is 2. The van der Waals surface area contributed by atoms with Gasteiger partial charge in [-0.2, -0.15) is 5.26 Å². The van der Waals surface area contributed by atoms with E-state index < -0.39 is 5.92 Å². The van der Waals surface area contributed by atoms with E-state index in [1.54, 1.807) is 18.3 Å². The summed E-state index contributed by atoms with van der Waals surface area (Å²) < 4.78 is 14.1. The van der Waals surface area contributed by atoms with Gasteiger partial charge in [-0.05, 0) is 64.8 Å². The first-order valence-electron chi connectivity index (χ1n) is 8.48. The van der Waals surface area contributed by atoms with Crippen molar-refractivity contribution in [2.24, 2.45) is 0 Å². The molecule has 1 aliphatic rings. The van der Waals surface area contributed by atoms with E-state index in [-0.39, 0.29) is 10.9 Å². The molecule has 0 aliphatic carbocycles. The van der Waals surface area contributed by atoms with E-state index in [2.05, 4.69) is 32.3 Å². The highest BCUT2D eigenvalue weighted by Crippen LogP contribution is 2.45. The van der Waals surface area contributed by atoms with Crippen molar-refractivity contribution in [1.82, 2.24) is 4.98 Å². The van der Waals surface area contributed by atoms with Gasteiger partial charge in [-0.25, -0.2) is 9.37 Å². The number of hydrogen-bond acceptors (Lipinski definition) is 5. The van der Waals surface area contributed by atoms with Gasteiger partial charge < -0.3 is 5.32 Å². The van der Waals surface area contributed by atoms with Crippen molar-refractivity contribution in [2.75, 3.05) is 5.32 Å². The van der Waals surface area contributed by atoms with Crippen LogP contribution in [0.4, 0.5) is 10.1 Å². The smallest absolute Gasteiger partial charge is 0.195 e. The van der Waals surface area contributed by atoms with Crippen molar-refractivity contribution in [1.29, 1.82) is 5.26 Å². The molecule has 1 unspecified atom stereocenters. The van der Waals surface area contributed by atoms with Crippen LogP contribution in [0.15, 0.2) is 51.2 Å². The van der Waals surface area contributed by atoms with Crippen molar-refractivity contribution in [2.45, 2.75) is 37.6 Å². The molecule has 138 valence electrons. The van der Waals surface area contributed by atoms with E-state index in [1.165, 1.54) is 6.07 Å². The maximum atomic E-state index is 13.8. The summed E-state index contributed by atoms with van der Waals surface area (Å²) in [5, 5.41) is 13.6. The molecule has 1 atom stereocenters. The summed E-state index contributed by atoms with van der Waals surface area (Å²) in [7, 11) is 0. The Bertz CT molecular complexity index is 984. The van der Waals surface area contributed by atoms with Gasteiger partial charge in [-0.3, -0.25) is 4.79 Å². The molecule has 0 saturated heterocycles. The van der Waals surface area contributed by atoms with Gasteiger partial charge in [-0.15, -0.1) is 0 Å². The Hall–Kier alpha value is -2.17. The SMILES string of the molecule is CCCC(=O)Sc1nccc2c1C(c1ccc(F)c(Br)c1)C(C#N)=C(C)N2. The minimum absolute atomic E-state index is 0.0298. The number of carbonyl (C=O) groups excluding carboxylic acids is 1. The number of fused-ring (bicyclic) bond motifs is 1. The quantitative estimate of drug-likeness (QED) is 0.606. The fourth-order valence-corrected chi connectivity index (χ4v) is 4.46. The molecule has 4 nitrogen and oxygen atoms in total. The highest BCUT2D eigenvalue weighted by atomic mass is 79.9. The zero-order valence-corrected chi connectivity index (χ0v) is 17.2. The molecule has 1 aromatic carbocycles. The minimum atomic E-state index is -0.422. The van der Waals surface area contributed by atoms with Crippen LogP contribution in [0.2, 0.25) is 0 Å². The summed E-state index contributed by atoms with van der Waals surface area (Å²) in [6.45, 7) is 3.79. The Kier molecular flexibility index (Phi) is 5.98. The Morgan fingerprint density at radius 1 is 1.44 bits per heavy atom. The van der Waals surface area contributed by atoms with E-state index in [0.29, 0.717) is 21.5 Å². The normalized spacial score (nSPS) is 15.7. The van der Waals surface area contributed by atoms with Gasteiger partial charge in [0.15, 0.2) is 5.12 Å². The number of carbonyl (C=O) groups is 1. The fourth-order valence-electron chi connectivity index (χ4n) is 3.09. The lowest BCUT2D eigenvalue weighted by atomic mass is 9.82. The highest BCUT2D eigenvalue weighted by Gasteiger charge is 2.32. The van der Waals surface area contributed by atoms with E-state index in [4.69, 9.17) is 0 Å². The van der Waals surface area contributed by atoms with Crippen molar-refractivity contribution >= 4 is 38.5 Å². The maximum absolute atomic E-state index is 13.8. The highest BCUT2D eigenvalue weighted by molar-refractivity contribution is 9.10. The molecule has 0 spiro atoms. The molecule has 1 aliphatic heterocycles. The maximum Gasteiger partial charge on any atom is 0.195 e. The van der Waals surface area contributed by atoms with Crippen molar-refractivity contribution in [3.63, 3.8) is 0 Å². The lowest BCUT2D eigenvalue weighted by molar-refractivity contribution is -0.111. The number of aromatic nitrogens is 1. The van der Waals surface area contributed by atoms with Gasteiger partial charge in [0, 0.05) is 29.6 Å². The second kappa shape index (κ2) is 8.24. The van der Waals surface area contributed by atoms with Gasteiger partial charge >= 0.3 is 0 Å². The molecule has 2 aromatic rings. The number of pyridine rings is 1. The van der Waals surface area contributed by atoms with Crippen LogP contribution in [0.3, 0.4) is 0 Å². The summed E-state index contributed by atoms with van der Waals surface area (Å²) in [5.41, 5.74) is 3.60. The van der Waals surface area contributed by atoms with Crippen LogP contribution in [-0.2, 0) is 4.79 Å². The number of nitriles is 1. The second-order valence-corrected chi connectivity index (χ2v) is 8.08. The summed E-state index contributed by atoms with van der Waals surface area (Å²) >= 11 is 4.32. The summed E-state index contributed by atoms with van der Waals surface area (Å²) in [6.07, 6.45) is 2.86. The van der Waals surface area contributed by atoms with Gasteiger partial charge in [0.05, 0.1) is 22.0 Å². The van der Waals surface area contributed by atoms with Crippen molar-refractivity contribution < 1.29 is 9.18 Å². The van der Waals surface area contributed by atoms with Gasteiger partial charge in [0.2, 0.25) is 0 Å².